The van der Waals surface area contributed by atoms with Gasteiger partial charge in [-0.05, 0) is 49.4 Å². The number of benzene rings is 2. The van der Waals surface area contributed by atoms with Crippen LogP contribution < -0.4 is 5.32 Å². The molecule has 1 aliphatic heterocycles. The number of hydrogen-bond acceptors (Lipinski definition) is 8. The van der Waals surface area contributed by atoms with Crippen molar-refractivity contribution in [2.75, 3.05) is 13.3 Å². The molecule has 0 radical (unpaired) electrons. The van der Waals surface area contributed by atoms with Crippen LogP contribution in [0.5, 0.6) is 0 Å². The second kappa shape index (κ2) is 15.2. The molecule has 41 heavy (non-hydrogen) atoms. The Hall–Kier alpha value is -3.92. The molecule has 3 rings (SSSR count). The zero-order valence-electron chi connectivity index (χ0n) is 22.9. The van der Waals surface area contributed by atoms with Gasteiger partial charge in [-0.15, -0.1) is 0 Å². The number of amides is 1. The van der Waals surface area contributed by atoms with E-state index in [4.69, 9.17) is 10.00 Å². The standard InChI is InChI=1S/C29H34N4O7S/c1-21(31-19-30)8-4-2-5-9-24(34)16-22-12-14-23(15-13-22)17-26(29(36)37)32-28(35)27-18-40-20-33(27)41(38,39)25-10-6-3-7-11-25/h3,6-7,10-15,26-27H,2,4-5,8-9,16-18,20H2,1H3,(H,32,35)(H,36,37)/t26-,27-/m0/s1. The number of carboxylic acid groups (broad SMARTS) is 1. The number of carbonyl (C=O) groups excluding carboxylic acids is 2. The molecule has 0 aromatic heterocycles. The number of carboxylic acids is 1. The van der Waals surface area contributed by atoms with Crippen molar-refractivity contribution in [2.45, 2.75) is 68.8 Å². The third-order valence-corrected chi connectivity index (χ3v) is 8.55. The smallest absolute Gasteiger partial charge is 0.326 e. The Morgan fingerprint density at radius 2 is 1.73 bits per heavy atom. The van der Waals surface area contributed by atoms with Crippen molar-refractivity contribution < 1.29 is 32.6 Å². The van der Waals surface area contributed by atoms with Crippen LogP contribution in [0.3, 0.4) is 0 Å². The van der Waals surface area contributed by atoms with Gasteiger partial charge in [-0.3, -0.25) is 9.59 Å². The number of carbonyl (C=O) groups is 3. The van der Waals surface area contributed by atoms with Crippen LogP contribution in [0.25, 0.3) is 0 Å². The third kappa shape index (κ3) is 9.31. The third-order valence-electron chi connectivity index (χ3n) is 6.71. The Bertz CT molecular complexity index is 1390. The fraction of sp³-hybridized carbons (Fsp3) is 0.414. The normalized spacial score (nSPS) is 16.6. The summed E-state index contributed by atoms with van der Waals surface area (Å²) in [6, 6.07) is 12.1. The summed E-state index contributed by atoms with van der Waals surface area (Å²) in [5.74, 6) is -1.92. The minimum absolute atomic E-state index is 0.00808. The van der Waals surface area contributed by atoms with Crippen LogP contribution in [-0.4, -0.2) is 66.6 Å². The fourth-order valence-electron chi connectivity index (χ4n) is 4.43. The van der Waals surface area contributed by atoms with Gasteiger partial charge in [-0.25, -0.2) is 13.2 Å². The van der Waals surface area contributed by atoms with Gasteiger partial charge in [0.2, 0.25) is 22.1 Å². The fourth-order valence-corrected chi connectivity index (χ4v) is 5.91. The molecule has 1 amide bonds. The molecule has 2 aromatic carbocycles. The highest BCUT2D eigenvalue weighted by Crippen LogP contribution is 2.22. The molecule has 0 unspecified atom stereocenters. The molecule has 0 saturated carbocycles. The van der Waals surface area contributed by atoms with Gasteiger partial charge in [-0.1, -0.05) is 48.9 Å². The molecule has 2 aromatic rings. The first-order chi connectivity index (χ1) is 19.6. The maximum atomic E-state index is 13.0. The second-order valence-electron chi connectivity index (χ2n) is 9.86. The van der Waals surface area contributed by atoms with Crippen molar-refractivity contribution in [3.8, 4) is 6.19 Å². The van der Waals surface area contributed by atoms with Gasteiger partial charge < -0.3 is 15.2 Å². The van der Waals surface area contributed by atoms with Crippen LogP contribution in [0.4, 0.5) is 0 Å². The Morgan fingerprint density at radius 1 is 1.07 bits per heavy atom. The van der Waals surface area contributed by atoms with E-state index in [0.717, 1.165) is 41.3 Å². The molecule has 11 nitrogen and oxygen atoms in total. The molecule has 2 atom stereocenters. The van der Waals surface area contributed by atoms with Crippen LogP contribution in [-0.2, 0) is 42.0 Å². The van der Waals surface area contributed by atoms with Crippen molar-refractivity contribution in [3.63, 3.8) is 0 Å². The molecule has 1 saturated heterocycles. The second-order valence-corrected chi connectivity index (χ2v) is 11.8. The lowest BCUT2D eigenvalue weighted by Crippen LogP contribution is -2.52. The lowest BCUT2D eigenvalue weighted by Gasteiger charge is -2.23. The van der Waals surface area contributed by atoms with Gasteiger partial charge >= 0.3 is 5.97 Å². The molecule has 1 aliphatic rings. The monoisotopic (exact) mass is 582 g/mol. The summed E-state index contributed by atoms with van der Waals surface area (Å²) in [5, 5.41) is 20.7. The molecule has 2 N–H and O–H groups in total. The SMILES string of the molecule is CC(CCCCCC(=O)Cc1ccc(C[C@H](NC(=O)[C@@H]2COCN2S(=O)(=O)c2ccccc2)C(=O)O)cc1)=NC#N. The van der Waals surface area contributed by atoms with E-state index >= 15 is 0 Å². The summed E-state index contributed by atoms with van der Waals surface area (Å²) in [7, 11) is -4.02. The van der Waals surface area contributed by atoms with E-state index in [2.05, 4.69) is 10.3 Å². The predicted molar refractivity (Wildman–Crippen MR) is 150 cm³/mol. The van der Waals surface area contributed by atoms with Crippen molar-refractivity contribution in [3.05, 3.63) is 65.7 Å². The highest BCUT2D eigenvalue weighted by molar-refractivity contribution is 7.89. The quantitative estimate of drug-likeness (QED) is 0.184. The van der Waals surface area contributed by atoms with E-state index < -0.39 is 34.0 Å². The van der Waals surface area contributed by atoms with Crippen LogP contribution in [0.2, 0.25) is 0 Å². The molecule has 12 heteroatoms. The average Bonchev–Trinajstić information content (AvgIpc) is 3.45. The number of aliphatic carboxylic acids is 1. The number of aliphatic imine (C=N–C) groups is 1. The zero-order chi connectivity index (χ0) is 29.8. The van der Waals surface area contributed by atoms with Crippen LogP contribution in [0.15, 0.2) is 64.5 Å². The number of sulfonamides is 1. The summed E-state index contributed by atoms with van der Waals surface area (Å²) < 4.78 is 32.2. The maximum Gasteiger partial charge on any atom is 0.326 e. The number of Topliss-reactive ketones (excluding diaryl/α,β-unsaturated/α-hetero) is 1. The molecule has 1 fully saturated rings. The molecule has 1 heterocycles. The topological polar surface area (TPSA) is 166 Å². The summed E-state index contributed by atoms with van der Waals surface area (Å²) in [4.78, 5) is 41.0. The highest BCUT2D eigenvalue weighted by atomic mass is 32.2. The number of hydrogen-bond donors (Lipinski definition) is 2. The van der Waals surface area contributed by atoms with Gasteiger partial charge in [0.1, 0.15) is 24.6 Å². The van der Waals surface area contributed by atoms with Crippen LogP contribution in [0.1, 0.15) is 50.2 Å². The molecular formula is C29H34N4O7S. The summed E-state index contributed by atoms with van der Waals surface area (Å²) in [5.41, 5.74) is 2.23. The van der Waals surface area contributed by atoms with Gasteiger partial charge in [0.25, 0.3) is 0 Å². The summed E-state index contributed by atoms with van der Waals surface area (Å²) >= 11 is 0. The average molecular weight is 583 g/mol. The van der Waals surface area contributed by atoms with Crippen LogP contribution >= 0.6 is 0 Å². The van der Waals surface area contributed by atoms with E-state index in [9.17, 15) is 27.9 Å². The van der Waals surface area contributed by atoms with Crippen molar-refractivity contribution in [1.82, 2.24) is 9.62 Å². The number of nitrogens with zero attached hydrogens (tertiary/aromatic N) is 3. The Labute approximate surface area is 239 Å². The number of nitrogens with one attached hydrogen (secondary N) is 1. The molecule has 0 aliphatic carbocycles. The lowest BCUT2D eigenvalue weighted by atomic mass is 10.00. The first kappa shape index (κ1) is 31.6. The van der Waals surface area contributed by atoms with E-state index in [-0.39, 0.29) is 36.9 Å². The first-order valence-electron chi connectivity index (χ1n) is 13.3. The van der Waals surface area contributed by atoms with Crippen molar-refractivity contribution in [1.29, 1.82) is 5.26 Å². The van der Waals surface area contributed by atoms with Crippen LogP contribution in [0, 0.1) is 11.5 Å². The highest BCUT2D eigenvalue weighted by Gasteiger charge is 2.41. The molecular weight excluding hydrogens is 548 g/mol. The molecule has 0 bridgehead atoms. The minimum atomic E-state index is -4.02. The zero-order valence-corrected chi connectivity index (χ0v) is 23.7. The summed E-state index contributed by atoms with van der Waals surface area (Å²) in [6.07, 6.45) is 5.69. The molecule has 0 spiro atoms. The Kier molecular flexibility index (Phi) is 11.7. The number of ether oxygens (including phenoxy) is 1. The number of rotatable bonds is 15. The number of ketones is 1. The predicted octanol–water partition coefficient (Wildman–Crippen LogP) is 2.85. The summed E-state index contributed by atoms with van der Waals surface area (Å²) in [6.45, 7) is 1.30. The van der Waals surface area contributed by atoms with E-state index in [1.54, 1.807) is 48.7 Å². The minimum Gasteiger partial charge on any atom is -0.480 e. The van der Waals surface area contributed by atoms with Gasteiger partial charge in [0.15, 0.2) is 0 Å². The van der Waals surface area contributed by atoms with Crippen molar-refractivity contribution in [2.24, 2.45) is 4.99 Å². The lowest BCUT2D eigenvalue weighted by molar-refractivity contribution is -0.142. The number of nitriles is 1. The van der Waals surface area contributed by atoms with Crippen molar-refractivity contribution >= 4 is 33.4 Å². The Morgan fingerprint density at radius 3 is 2.39 bits per heavy atom. The van der Waals surface area contributed by atoms with Gasteiger partial charge in [0, 0.05) is 25.0 Å². The van der Waals surface area contributed by atoms with E-state index in [1.165, 1.54) is 12.1 Å². The Balaban J connectivity index is 1.52. The first-order valence-corrected chi connectivity index (χ1v) is 14.8. The van der Waals surface area contributed by atoms with E-state index in [1.807, 2.05) is 6.92 Å². The number of unbranched alkanes of at least 4 members (excludes halogenated alkanes) is 2. The molecule has 218 valence electrons. The largest absolute Gasteiger partial charge is 0.480 e. The van der Waals surface area contributed by atoms with Gasteiger partial charge in [-0.2, -0.15) is 14.6 Å². The van der Waals surface area contributed by atoms with Gasteiger partial charge in [0.05, 0.1) is 11.5 Å². The van der Waals surface area contributed by atoms with E-state index in [0.29, 0.717) is 12.0 Å². The maximum absolute atomic E-state index is 13.0.